The second kappa shape index (κ2) is 8.83. The van der Waals surface area contributed by atoms with Crippen molar-refractivity contribution in [1.29, 1.82) is 0 Å². The molecule has 1 spiro atoms. The molecule has 4 nitrogen and oxygen atoms in total. The Labute approximate surface area is 167 Å². The normalized spacial score (nSPS) is 19.3. The Balaban J connectivity index is 0.00000208. The van der Waals surface area contributed by atoms with Gasteiger partial charge in [0, 0.05) is 37.5 Å². The predicted molar refractivity (Wildman–Crippen MR) is 114 cm³/mol. The number of likely N-dealkylation sites (tertiary alicyclic amines) is 1. The molecule has 3 rings (SSSR count). The fourth-order valence-electron chi connectivity index (χ4n) is 3.81. The highest BCUT2D eigenvalue weighted by Crippen LogP contribution is 2.47. The van der Waals surface area contributed by atoms with Crippen LogP contribution in [0.15, 0.2) is 4.99 Å². The fraction of sp³-hybridized carbons (Fsp3) is 0.778. The fourth-order valence-corrected chi connectivity index (χ4v) is 4.82. The molecule has 136 valence electrons. The number of aliphatic imine (C=N–C) groups is 1. The van der Waals surface area contributed by atoms with Crippen LogP contribution in [0.25, 0.3) is 0 Å². The van der Waals surface area contributed by atoms with Crippen molar-refractivity contribution in [2.45, 2.75) is 59.3 Å². The molecular weight excluding hydrogens is 431 g/mol. The number of halogens is 1. The zero-order chi connectivity index (χ0) is 16.3. The first-order chi connectivity index (χ1) is 11.2. The lowest BCUT2D eigenvalue weighted by molar-refractivity contribution is 0.151. The third-order valence-corrected chi connectivity index (χ3v) is 6.42. The average Bonchev–Trinajstić information content (AvgIpc) is 3.10. The summed E-state index contributed by atoms with van der Waals surface area (Å²) in [5.74, 6) is 1.11. The molecule has 1 N–H and O–H groups in total. The van der Waals surface area contributed by atoms with E-state index in [1.807, 2.05) is 11.3 Å². The SMILES string of the molecule is CCNC(=NCCc1nc(CC)c(C)s1)N1CCC2(CCC2)C1.I. The smallest absolute Gasteiger partial charge is 0.193 e. The minimum absolute atomic E-state index is 0. The van der Waals surface area contributed by atoms with Crippen LogP contribution in [-0.4, -0.2) is 42.0 Å². The number of aryl methyl sites for hydroxylation is 2. The molecule has 0 unspecified atom stereocenters. The van der Waals surface area contributed by atoms with Gasteiger partial charge in [0.2, 0.25) is 0 Å². The predicted octanol–water partition coefficient (Wildman–Crippen LogP) is 4.02. The molecule has 0 radical (unpaired) electrons. The second-order valence-electron chi connectivity index (χ2n) is 6.97. The number of thiazole rings is 1. The van der Waals surface area contributed by atoms with Gasteiger partial charge in [-0.15, -0.1) is 35.3 Å². The first-order valence-electron chi connectivity index (χ1n) is 9.14. The molecular formula is C18H31IN4S. The van der Waals surface area contributed by atoms with Gasteiger partial charge in [-0.25, -0.2) is 4.98 Å². The van der Waals surface area contributed by atoms with Crippen molar-refractivity contribution in [2.75, 3.05) is 26.2 Å². The summed E-state index contributed by atoms with van der Waals surface area (Å²) in [4.78, 5) is 13.5. The standard InChI is InChI=1S/C18H30N4S.HI/c1-4-15-14(3)23-16(21-15)7-11-20-17(19-5-2)22-12-10-18(13-22)8-6-9-18;/h4-13H2,1-3H3,(H,19,20);1H. The van der Waals surface area contributed by atoms with Gasteiger partial charge in [-0.2, -0.15) is 0 Å². The van der Waals surface area contributed by atoms with E-state index in [2.05, 4.69) is 31.0 Å². The van der Waals surface area contributed by atoms with Crippen LogP contribution in [0, 0.1) is 12.3 Å². The summed E-state index contributed by atoms with van der Waals surface area (Å²) >= 11 is 1.83. The monoisotopic (exact) mass is 462 g/mol. The van der Waals surface area contributed by atoms with Crippen molar-refractivity contribution >= 4 is 41.3 Å². The number of nitrogens with zero attached hydrogens (tertiary/aromatic N) is 3. The van der Waals surface area contributed by atoms with Gasteiger partial charge in [0.15, 0.2) is 5.96 Å². The summed E-state index contributed by atoms with van der Waals surface area (Å²) in [6.45, 7) is 10.7. The van der Waals surface area contributed by atoms with Gasteiger partial charge >= 0.3 is 0 Å². The minimum atomic E-state index is 0. The summed E-state index contributed by atoms with van der Waals surface area (Å²) in [7, 11) is 0. The third kappa shape index (κ3) is 4.42. The molecule has 24 heavy (non-hydrogen) atoms. The minimum Gasteiger partial charge on any atom is -0.357 e. The van der Waals surface area contributed by atoms with Crippen molar-refractivity contribution < 1.29 is 0 Å². The quantitative estimate of drug-likeness (QED) is 0.408. The second-order valence-corrected chi connectivity index (χ2v) is 8.26. The zero-order valence-corrected chi connectivity index (χ0v) is 18.4. The van der Waals surface area contributed by atoms with Gasteiger partial charge in [-0.05, 0) is 44.9 Å². The molecule has 0 atom stereocenters. The number of hydrogen-bond acceptors (Lipinski definition) is 3. The van der Waals surface area contributed by atoms with Crippen LogP contribution in [0.3, 0.4) is 0 Å². The molecule has 1 saturated carbocycles. The van der Waals surface area contributed by atoms with E-state index in [1.165, 1.54) is 54.4 Å². The van der Waals surface area contributed by atoms with Crippen molar-refractivity contribution in [2.24, 2.45) is 10.4 Å². The van der Waals surface area contributed by atoms with Gasteiger partial charge in [0.25, 0.3) is 0 Å². The van der Waals surface area contributed by atoms with Crippen molar-refractivity contribution in [3.05, 3.63) is 15.6 Å². The number of nitrogens with one attached hydrogen (secondary N) is 1. The van der Waals surface area contributed by atoms with Crippen LogP contribution in [0.5, 0.6) is 0 Å². The van der Waals surface area contributed by atoms with Crippen molar-refractivity contribution in [3.63, 3.8) is 0 Å². The lowest BCUT2D eigenvalue weighted by Crippen LogP contribution is -2.42. The van der Waals surface area contributed by atoms with E-state index in [-0.39, 0.29) is 24.0 Å². The molecule has 1 aliphatic carbocycles. The van der Waals surface area contributed by atoms with Gasteiger partial charge < -0.3 is 10.2 Å². The highest BCUT2D eigenvalue weighted by molar-refractivity contribution is 14.0. The van der Waals surface area contributed by atoms with Gasteiger partial charge in [0.1, 0.15) is 0 Å². The molecule has 6 heteroatoms. The number of guanidine groups is 1. The molecule has 1 aliphatic heterocycles. The Morgan fingerprint density at radius 2 is 2.12 bits per heavy atom. The maximum atomic E-state index is 4.88. The third-order valence-electron chi connectivity index (χ3n) is 5.35. The Morgan fingerprint density at radius 1 is 1.33 bits per heavy atom. The Morgan fingerprint density at radius 3 is 2.67 bits per heavy atom. The first kappa shape index (κ1) is 19.9. The molecule has 0 bridgehead atoms. The topological polar surface area (TPSA) is 40.5 Å². The number of hydrogen-bond donors (Lipinski definition) is 1. The maximum absolute atomic E-state index is 4.88. The number of aromatic nitrogens is 1. The van der Waals surface area contributed by atoms with Gasteiger partial charge in [0.05, 0.1) is 10.7 Å². The van der Waals surface area contributed by atoms with Crippen LogP contribution < -0.4 is 5.32 Å². The van der Waals surface area contributed by atoms with Crippen LogP contribution in [0.1, 0.15) is 55.1 Å². The summed E-state index contributed by atoms with van der Waals surface area (Å²) in [6.07, 6.45) is 7.60. The van der Waals surface area contributed by atoms with E-state index in [0.29, 0.717) is 5.41 Å². The molecule has 1 aromatic heterocycles. The highest BCUT2D eigenvalue weighted by atomic mass is 127. The van der Waals surface area contributed by atoms with E-state index in [0.717, 1.165) is 31.9 Å². The Hall–Kier alpha value is -0.370. The van der Waals surface area contributed by atoms with Crippen LogP contribution in [-0.2, 0) is 12.8 Å². The molecule has 0 aromatic carbocycles. The summed E-state index contributed by atoms with van der Waals surface area (Å²) < 4.78 is 0. The van der Waals surface area contributed by atoms with Crippen LogP contribution in [0.2, 0.25) is 0 Å². The van der Waals surface area contributed by atoms with Crippen LogP contribution >= 0.6 is 35.3 Å². The molecule has 2 fully saturated rings. The van der Waals surface area contributed by atoms with Gasteiger partial charge in [-0.1, -0.05) is 13.3 Å². The van der Waals surface area contributed by atoms with Crippen molar-refractivity contribution in [3.8, 4) is 0 Å². The van der Waals surface area contributed by atoms with Crippen molar-refractivity contribution in [1.82, 2.24) is 15.2 Å². The van der Waals surface area contributed by atoms with E-state index >= 15 is 0 Å². The lowest BCUT2D eigenvalue weighted by atomic mass is 9.68. The number of rotatable bonds is 5. The Kier molecular flexibility index (Phi) is 7.34. The molecule has 2 heterocycles. The lowest BCUT2D eigenvalue weighted by Gasteiger charge is -2.38. The Bertz CT molecular complexity index is 565. The van der Waals surface area contributed by atoms with Gasteiger partial charge in [-0.3, -0.25) is 4.99 Å². The average molecular weight is 462 g/mol. The summed E-state index contributed by atoms with van der Waals surface area (Å²) in [5, 5.41) is 4.72. The molecule has 0 amide bonds. The summed E-state index contributed by atoms with van der Waals surface area (Å²) in [5.41, 5.74) is 1.88. The summed E-state index contributed by atoms with van der Waals surface area (Å²) in [6, 6.07) is 0. The largest absolute Gasteiger partial charge is 0.357 e. The van der Waals surface area contributed by atoms with E-state index in [1.54, 1.807) is 0 Å². The molecule has 1 saturated heterocycles. The molecule has 2 aliphatic rings. The first-order valence-corrected chi connectivity index (χ1v) is 9.96. The van der Waals surface area contributed by atoms with E-state index in [9.17, 15) is 0 Å². The van der Waals surface area contributed by atoms with Crippen LogP contribution in [0.4, 0.5) is 0 Å². The maximum Gasteiger partial charge on any atom is 0.193 e. The highest BCUT2D eigenvalue weighted by Gasteiger charge is 2.43. The zero-order valence-electron chi connectivity index (χ0n) is 15.2. The van der Waals surface area contributed by atoms with E-state index in [4.69, 9.17) is 9.98 Å². The molecule has 1 aromatic rings. The van der Waals surface area contributed by atoms with E-state index < -0.39 is 0 Å².